The molecular formula is C87H126BrCl3N18O17. The van der Waals surface area contributed by atoms with Gasteiger partial charge < -0.3 is 105 Å². The fourth-order valence-electron chi connectivity index (χ4n) is 13.5. The van der Waals surface area contributed by atoms with Gasteiger partial charge in [0.05, 0.1) is 27.1 Å². The molecule has 6 aliphatic heterocycles. The average molecular weight is 1880 g/mol. The second-order valence-electron chi connectivity index (χ2n) is 34.6. The Bertz CT molecular complexity index is 5120. The van der Waals surface area contributed by atoms with Gasteiger partial charge >= 0.3 is 24.4 Å². The normalized spacial score (nSPS) is 16.0. The average Bonchev–Trinajstić information content (AvgIpc) is 0.822. The van der Waals surface area contributed by atoms with Crippen LogP contribution in [0.15, 0.2) is 143 Å². The van der Waals surface area contributed by atoms with Crippen molar-refractivity contribution in [1.29, 1.82) is 0 Å². The van der Waals surface area contributed by atoms with E-state index in [9.17, 15) is 62.3 Å². The molecule has 0 saturated carbocycles. The molecule has 7 amide bonds. The van der Waals surface area contributed by atoms with Crippen molar-refractivity contribution in [2.24, 2.45) is 0 Å². The fourth-order valence-corrected chi connectivity index (χ4v) is 14.2. The van der Waals surface area contributed by atoms with Crippen molar-refractivity contribution >= 4 is 133 Å². The number of hydrogen-bond acceptors (Lipinski definition) is 22. The van der Waals surface area contributed by atoms with Gasteiger partial charge in [-0.05, 0) is 232 Å². The fraction of sp³-hybridized carbons (Fsp3) is 0.529. The summed E-state index contributed by atoms with van der Waals surface area (Å²) in [6.45, 7) is 34.4. The molecule has 0 unspecified atom stereocenters. The second kappa shape index (κ2) is 48.9. The number of carbonyl (C=O) groups is 7. The zero-order valence-corrected chi connectivity index (χ0v) is 78.9. The molecule has 6 aromatic rings. The lowest BCUT2D eigenvalue weighted by Crippen LogP contribution is -2.43. The molecule has 35 nitrogen and oxygen atoms in total. The van der Waals surface area contributed by atoms with Crippen molar-refractivity contribution in [3.63, 3.8) is 0 Å². The molecular weight excluding hydrogens is 1760 g/mol. The largest absolute Gasteiger partial charge is 0.444 e. The minimum absolute atomic E-state index is 0. The van der Waals surface area contributed by atoms with E-state index in [1.54, 1.807) is 124 Å². The van der Waals surface area contributed by atoms with Gasteiger partial charge in [0.15, 0.2) is 0 Å². The number of halogens is 4. The Hall–Kier alpha value is -10.7. The number of anilines is 6. The molecule has 11 N–H and O–H groups in total. The molecule has 0 radical (unpaired) electrons. The van der Waals surface area contributed by atoms with Crippen LogP contribution in [0, 0.1) is 0 Å². The van der Waals surface area contributed by atoms with Crippen LogP contribution in [0.3, 0.4) is 0 Å². The van der Waals surface area contributed by atoms with Crippen LogP contribution in [0.4, 0.5) is 53.3 Å². The van der Waals surface area contributed by atoms with Gasteiger partial charge in [-0.3, -0.25) is 47.7 Å². The first-order valence-electron chi connectivity index (χ1n) is 41.6. The molecule has 0 bridgehead atoms. The minimum Gasteiger partial charge on any atom is -0.444 e. The quantitative estimate of drug-likeness (QED) is 0.0656. The molecule has 4 saturated heterocycles. The number of likely N-dealkylation sites (N-methyl/N-ethyl adjacent to an activating group) is 1. The van der Waals surface area contributed by atoms with E-state index < -0.39 is 22.4 Å². The van der Waals surface area contributed by atoms with Crippen molar-refractivity contribution in [3.05, 3.63) is 187 Å². The van der Waals surface area contributed by atoms with Gasteiger partial charge in [0, 0.05) is 160 Å². The van der Waals surface area contributed by atoms with Crippen LogP contribution < -0.4 is 71.8 Å². The molecule has 12 heterocycles. The van der Waals surface area contributed by atoms with Gasteiger partial charge in [0.1, 0.15) is 39.5 Å². The van der Waals surface area contributed by atoms with Gasteiger partial charge in [-0.25, -0.2) is 19.2 Å². The molecule has 12 rings (SSSR count). The summed E-state index contributed by atoms with van der Waals surface area (Å²) >= 11 is 15.5. The van der Waals surface area contributed by atoms with Gasteiger partial charge in [-0.2, -0.15) is 0 Å². The molecule has 0 aliphatic carbocycles. The summed E-state index contributed by atoms with van der Waals surface area (Å²) in [6, 6.07) is 16.3. The second-order valence-corrected chi connectivity index (χ2v) is 36.5. The Morgan fingerprint density at radius 3 is 1.17 bits per heavy atom. The molecule has 126 heavy (non-hydrogen) atoms. The zero-order valence-electron chi connectivity index (χ0n) is 74.9. The number of carbonyl (C=O) groups excluding carboxylic acids is 7. The van der Waals surface area contributed by atoms with E-state index in [-0.39, 0.29) is 146 Å². The Kier molecular flexibility index (Phi) is 41.1. The molecule has 694 valence electrons. The number of aromatic amines is 1. The van der Waals surface area contributed by atoms with Crippen molar-refractivity contribution in [1.82, 2.24) is 57.6 Å². The summed E-state index contributed by atoms with van der Waals surface area (Å²) in [5.74, 6) is -0.874. The highest BCUT2D eigenvalue weighted by atomic mass is 79.9. The maximum atomic E-state index is 12.5. The van der Waals surface area contributed by atoms with E-state index in [4.69, 9.17) is 59.4 Å². The van der Waals surface area contributed by atoms with Crippen LogP contribution in [-0.2, 0) is 33.3 Å². The number of H-pyrrole nitrogens is 1. The van der Waals surface area contributed by atoms with Crippen LogP contribution in [-0.4, -0.2) is 202 Å². The van der Waals surface area contributed by atoms with E-state index in [1.165, 1.54) is 54.9 Å². The smallest absolute Gasteiger partial charge is 0.410 e. The topological polar surface area (TPSA) is 442 Å². The van der Waals surface area contributed by atoms with Crippen LogP contribution >= 0.6 is 51.5 Å². The van der Waals surface area contributed by atoms with Crippen LogP contribution in [0.2, 0.25) is 10.0 Å². The van der Waals surface area contributed by atoms with Crippen molar-refractivity contribution in [3.8, 4) is 0 Å². The van der Waals surface area contributed by atoms with E-state index in [2.05, 4.69) is 60.2 Å². The first kappa shape index (κ1) is 106. The lowest BCUT2D eigenvalue weighted by molar-refractivity contribution is -0.115. The Balaban J connectivity index is 0.000000267. The summed E-state index contributed by atoms with van der Waals surface area (Å²) < 4.78 is 30.8. The molecule has 6 aliphatic rings. The number of likely N-dealkylation sites (tertiary alicyclic amines) is 3. The summed E-state index contributed by atoms with van der Waals surface area (Å²) in [7, 11) is 2.13. The maximum Gasteiger partial charge on any atom is 0.410 e. The summed E-state index contributed by atoms with van der Waals surface area (Å²) in [5.41, 5.74) is 15.4. The van der Waals surface area contributed by atoms with Crippen molar-refractivity contribution in [2.75, 3.05) is 119 Å². The van der Waals surface area contributed by atoms with Crippen molar-refractivity contribution < 1.29 is 52.5 Å². The monoisotopic (exact) mass is 1880 g/mol. The lowest BCUT2D eigenvalue weighted by atomic mass is 10.0. The highest BCUT2D eigenvalue weighted by Gasteiger charge is 2.33. The molecule has 0 atom stereocenters. The Morgan fingerprint density at radius 2 is 0.802 bits per heavy atom. The van der Waals surface area contributed by atoms with Crippen molar-refractivity contribution in [2.45, 2.75) is 215 Å². The van der Waals surface area contributed by atoms with Gasteiger partial charge in [-0.15, -0.1) is 12.4 Å². The molecule has 4 fully saturated rings. The molecule has 0 spiro atoms. The molecule has 6 aromatic heterocycles. The zero-order chi connectivity index (χ0) is 93.0. The third-order valence-electron chi connectivity index (χ3n) is 19.5. The number of nitrogens with zero attached hydrogens (tertiary/aromatic N) is 10. The molecule has 0 aromatic carbocycles. The predicted molar refractivity (Wildman–Crippen MR) is 499 cm³/mol. The number of aromatic nitrogens is 6. The van der Waals surface area contributed by atoms with Gasteiger partial charge in [0.25, 0.3) is 33.4 Å². The van der Waals surface area contributed by atoms with Crippen LogP contribution in [0.25, 0.3) is 5.70 Å². The predicted octanol–water partition coefficient (Wildman–Crippen LogP) is 12.7. The SMILES string of the molecule is CC(=O)Nc1cc(Cl)cn(C2CCN(C(=O)OC(C)(C)C)CC2)c1=O.CC(=O)Nc1cc(Cl)cn(C2CCNCC2)c1=O.CC(=O)Nc1cccn(C2CCN(C(=O)OC(C)(C)C)CC2)c1=O.CC(C)(C)OC(=O)N1CC=C(n2cccc(N)c2=O)CC1.CC(C)(C)OC(=O)N1CCC(n2cccc(N)c2=O)CC1.CN1CC=C(Br)CC1.Cl.Nc1ccc[nH]c1=O. The summed E-state index contributed by atoms with van der Waals surface area (Å²) in [6.07, 6.45) is 20.3. The number of amides is 7. The Labute approximate surface area is 759 Å². The number of nitrogen functional groups attached to an aromatic ring is 3. The number of pyridine rings is 6. The highest BCUT2D eigenvalue weighted by molar-refractivity contribution is 9.11. The number of nitrogens with two attached hydrogens (primary N) is 3. The number of ether oxygens (including phenoxy) is 4. The first-order chi connectivity index (χ1) is 58.5. The lowest BCUT2D eigenvalue weighted by Gasteiger charge is -2.34. The van der Waals surface area contributed by atoms with E-state index in [0.29, 0.717) is 94.5 Å². The number of piperidine rings is 4. The minimum atomic E-state index is -0.537. The number of hydrogen-bond donors (Lipinski definition) is 8. The van der Waals surface area contributed by atoms with Crippen LogP contribution in [0.1, 0.15) is 192 Å². The number of rotatable bonds is 8. The van der Waals surface area contributed by atoms with Gasteiger partial charge in [0.2, 0.25) is 17.7 Å². The Morgan fingerprint density at radius 1 is 0.437 bits per heavy atom. The van der Waals surface area contributed by atoms with E-state index in [0.717, 1.165) is 51.0 Å². The third kappa shape index (κ3) is 35.6. The molecule has 39 heteroatoms. The standard InChI is InChI=1S/C17H24ClN3O4.C17H25N3O4.C15H23N3O3.C15H21N3O3.C12H16ClN3O2.C6H10BrN.C5H6N2O.ClH/c1-11(22)19-14-9-12(18)10-21(15(14)23)13-5-7-20(8-6-13)16(24)25-17(2,3)4;1-12(21)18-14-6-5-9-20(15(14)22)13-7-10-19(11-8-13)16(23)24-17(2,3)4;2*1-15(2,3)21-14(20)17-9-6-11(7-10-17)18-8-4-5-12(16)13(18)19;1-8(17)15-11-6-9(13)7-16(12(11)18)10-2-4-14-5-3-10;1-8-4-2-6(7)3-5-8;6-4-2-1-3-7-5(4)8;/h9-10,13H,5-8H2,1-4H3,(H,19,22);5-6,9,13H,7-8,10-11H2,1-4H3,(H,18,21);4-5,8,11H,6-7,9-10,16H2,1-3H3;4-6,8H,7,9-10,16H2,1-3H3;6-7,10,14H,2-5H2,1H3,(H,15,17);2H,3-5H2,1H3;1-3H,6H2,(H,7,8);1H. The summed E-state index contributed by atoms with van der Waals surface area (Å²) in [4.78, 5) is 165. The first-order valence-corrected chi connectivity index (χ1v) is 43.1. The summed E-state index contributed by atoms with van der Waals surface area (Å²) in [5, 5.41) is 11.7. The third-order valence-corrected chi connectivity index (χ3v) is 20.6. The van der Waals surface area contributed by atoms with Gasteiger partial charge in [-0.1, -0.05) is 45.2 Å². The highest BCUT2D eigenvalue weighted by Crippen LogP contribution is 2.29. The maximum absolute atomic E-state index is 12.5. The van der Waals surface area contributed by atoms with E-state index in [1.807, 2.05) is 89.2 Å². The van der Waals surface area contributed by atoms with Crippen LogP contribution in [0.5, 0.6) is 0 Å². The van der Waals surface area contributed by atoms with E-state index >= 15 is 0 Å². The number of nitrogens with one attached hydrogen (secondary N) is 5.